The highest BCUT2D eigenvalue weighted by Crippen LogP contribution is 2.26. The molecular formula is C14H20FN3O2. The summed E-state index contributed by atoms with van der Waals surface area (Å²) in [5.74, 6) is -1.59. The minimum absolute atomic E-state index is 0.0385. The van der Waals surface area contributed by atoms with E-state index in [9.17, 15) is 9.18 Å². The third-order valence-electron chi connectivity index (χ3n) is 3.60. The van der Waals surface area contributed by atoms with Crippen molar-refractivity contribution in [3.63, 3.8) is 0 Å². The van der Waals surface area contributed by atoms with Gasteiger partial charge in [0.05, 0.1) is 11.3 Å². The van der Waals surface area contributed by atoms with Gasteiger partial charge in [-0.1, -0.05) is 6.92 Å². The molecule has 1 saturated heterocycles. The molecule has 1 aromatic carbocycles. The summed E-state index contributed by atoms with van der Waals surface area (Å²) in [7, 11) is 0. The lowest BCUT2D eigenvalue weighted by molar-refractivity contribution is 0.0698. The lowest BCUT2D eigenvalue weighted by Gasteiger charge is -2.36. The average molecular weight is 281 g/mol. The second-order valence-electron chi connectivity index (χ2n) is 5.02. The Morgan fingerprint density at radius 1 is 1.35 bits per heavy atom. The fourth-order valence-electron chi connectivity index (χ4n) is 2.53. The van der Waals surface area contributed by atoms with Crippen molar-refractivity contribution in [3.8, 4) is 0 Å². The number of piperazine rings is 1. The molecule has 20 heavy (non-hydrogen) atoms. The summed E-state index contributed by atoms with van der Waals surface area (Å²) in [5, 5.41) is 9.06. The van der Waals surface area contributed by atoms with E-state index in [2.05, 4.69) is 11.8 Å². The Morgan fingerprint density at radius 2 is 2.00 bits per heavy atom. The largest absolute Gasteiger partial charge is 0.478 e. The van der Waals surface area contributed by atoms with E-state index in [4.69, 9.17) is 10.8 Å². The average Bonchev–Trinajstić information content (AvgIpc) is 2.40. The van der Waals surface area contributed by atoms with Gasteiger partial charge in [0.25, 0.3) is 0 Å². The van der Waals surface area contributed by atoms with Gasteiger partial charge < -0.3 is 15.7 Å². The number of benzene rings is 1. The molecule has 110 valence electrons. The fraction of sp³-hybridized carbons (Fsp3) is 0.500. The summed E-state index contributed by atoms with van der Waals surface area (Å²) in [6, 6.07) is 2.43. The molecule has 1 fully saturated rings. The zero-order valence-electron chi connectivity index (χ0n) is 11.6. The van der Waals surface area contributed by atoms with E-state index in [1.807, 2.05) is 4.90 Å². The van der Waals surface area contributed by atoms with Crippen LogP contribution in [0.3, 0.4) is 0 Å². The highest BCUT2D eigenvalue weighted by Gasteiger charge is 2.21. The monoisotopic (exact) mass is 281 g/mol. The van der Waals surface area contributed by atoms with E-state index in [0.29, 0.717) is 18.8 Å². The summed E-state index contributed by atoms with van der Waals surface area (Å²) in [6.07, 6.45) is 1.10. The Morgan fingerprint density at radius 3 is 2.55 bits per heavy atom. The Balaban J connectivity index is 2.17. The van der Waals surface area contributed by atoms with E-state index in [1.165, 1.54) is 6.07 Å². The third kappa shape index (κ3) is 3.01. The number of carboxylic acid groups (broad SMARTS) is 1. The van der Waals surface area contributed by atoms with Crippen molar-refractivity contribution in [2.75, 3.05) is 43.4 Å². The highest BCUT2D eigenvalue weighted by atomic mass is 19.1. The Hall–Kier alpha value is -1.82. The van der Waals surface area contributed by atoms with Crippen LogP contribution in [-0.4, -0.2) is 48.7 Å². The van der Waals surface area contributed by atoms with Crippen molar-refractivity contribution in [3.05, 3.63) is 23.5 Å². The van der Waals surface area contributed by atoms with Gasteiger partial charge >= 0.3 is 5.97 Å². The quantitative estimate of drug-likeness (QED) is 0.821. The SMILES string of the molecule is CCCN1CCN(c2cc(C(=O)O)c(N)cc2F)CC1. The number of halogens is 1. The van der Waals surface area contributed by atoms with Crippen molar-refractivity contribution >= 4 is 17.3 Å². The molecule has 6 heteroatoms. The molecule has 0 aromatic heterocycles. The summed E-state index contributed by atoms with van der Waals surface area (Å²) < 4.78 is 14.0. The molecule has 1 aliphatic heterocycles. The van der Waals surface area contributed by atoms with Crippen LogP contribution >= 0.6 is 0 Å². The van der Waals surface area contributed by atoms with Crippen LogP contribution in [0.4, 0.5) is 15.8 Å². The van der Waals surface area contributed by atoms with Crippen LogP contribution in [0.5, 0.6) is 0 Å². The second-order valence-corrected chi connectivity index (χ2v) is 5.02. The Labute approximate surface area is 117 Å². The van der Waals surface area contributed by atoms with Gasteiger partial charge in [0.2, 0.25) is 0 Å². The summed E-state index contributed by atoms with van der Waals surface area (Å²) >= 11 is 0. The van der Waals surface area contributed by atoms with Crippen LogP contribution in [0.15, 0.2) is 12.1 Å². The number of carbonyl (C=O) groups is 1. The predicted molar refractivity (Wildman–Crippen MR) is 76.7 cm³/mol. The minimum Gasteiger partial charge on any atom is -0.478 e. The number of hydrogen-bond donors (Lipinski definition) is 2. The van der Waals surface area contributed by atoms with Gasteiger partial charge in [-0.05, 0) is 25.1 Å². The van der Waals surface area contributed by atoms with Gasteiger partial charge in [0.15, 0.2) is 0 Å². The van der Waals surface area contributed by atoms with E-state index in [-0.39, 0.29) is 11.3 Å². The predicted octanol–water partition coefficient (Wildman–Crippen LogP) is 1.64. The van der Waals surface area contributed by atoms with Gasteiger partial charge in [-0.2, -0.15) is 0 Å². The molecule has 0 atom stereocenters. The summed E-state index contributed by atoms with van der Waals surface area (Å²) in [4.78, 5) is 15.3. The van der Waals surface area contributed by atoms with Gasteiger partial charge in [0, 0.05) is 31.9 Å². The van der Waals surface area contributed by atoms with Crippen molar-refractivity contribution in [1.82, 2.24) is 4.90 Å². The molecule has 0 bridgehead atoms. The van der Waals surface area contributed by atoms with Crippen LogP contribution in [0, 0.1) is 5.82 Å². The van der Waals surface area contributed by atoms with Gasteiger partial charge in [-0.3, -0.25) is 4.90 Å². The second kappa shape index (κ2) is 6.09. The van der Waals surface area contributed by atoms with Crippen LogP contribution in [0.2, 0.25) is 0 Å². The van der Waals surface area contributed by atoms with Crippen LogP contribution in [-0.2, 0) is 0 Å². The number of aromatic carboxylic acids is 1. The topological polar surface area (TPSA) is 69.8 Å². The summed E-state index contributed by atoms with van der Waals surface area (Å²) in [5.41, 5.74) is 5.78. The molecule has 1 aliphatic rings. The number of rotatable bonds is 4. The molecule has 2 rings (SSSR count). The first kappa shape index (κ1) is 14.6. The standard InChI is InChI=1S/C14H20FN3O2/c1-2-3-17-4-6-18(7-5-17)13-8-10(14(19)20)12(16)9-11(13)15/h8-9H,2-7,16H2,1H3,(H,19,20). The number of carboxylic acids is 1. The third-order valence-corrected chi connectivity index (χ3v) is 3.60. The number of hydrogen-bond acceptors (Lipinski definition) is 4. The van der Waals surface area contributed by atoms with Gasteiger partial charge in [0.1, 0.15) is 5.82 Å². The van der Waals surface area contributed by atoms with E-state index < -0.39 is 11.8 Å². The van der Waals surface area contributed by atoms with Gasteiger partial charge in [-0.15, -0.1) is 0 Å². The summed E-state index contributed by atoms with van der Waals surface area (Å²) in [6.45, 7) is 6.28. The number of nitrogens with two attached hydrogens (primary N) is 1. The van der Waals surface area contributed by atoms with Gasteiger partial charge in [-0.25, -0.2) is 9.18 Å². The molecule has 1 heterocycles. The normalized spacial score (nSPS) is 16.4. The maximum absolute atomic E-state index is 14.0. The Bertz CT molecular complexity index is 499. The number of nitrogens with zero attached hydrogens (tertiary/aromatic N) is 2. The molecule has 1 aromatic rings. The van der Waals surface area contributed by atoms with E-state index >= 15 is 0 Å². The Kier molecular flexibility index (Phi) is 4.44. The number of nitrogen functional groups attached to an aromatic ring is 1. The van der Waals surface area contributed by atoms with E-state index in [0.717, 1.165) is 32.1 Å². The lowest BCUT2D eigenvalue weighted by atomic mass is 10.1. The van der Waals surface area contributed by atoms with Crippen molar-refractivity contribution < 1.29 is 14.3 Å². The van der Waals surface area contributed by atoms with Crippen molar-refractivity contribution in [2.45, 2.75) is 13.3 Å². The molecule has 0 saturated carbocycles. The van der Waals surface area contributed by atoms with Crippen molar-refractivity contribution in [2.24, 2.45) is 0 Å². The molecule has 0 aliphatic carbocycles. The fourth-order valence-corrected chi connectivity index (χ4v) is 2.53. The smallest absolute Gasteiger partial charge is 0.337 e. The first-order valence-electron chi connectivity index (χ1n) is 6.82. The maximum atomic E-state index is 14.0. The highest BCUT2D eigenvalue weighted by molar-refractivity contribution is 5.95. The molecule has 0 radical (unpaired) electrons. The van der Waals surface area contributed by atoms with Crippen LogP contribution < -0.4 is 10.6 Å². The molecule has 3 N–H and O–H groups in total. The van der Waals surface area contributed by atoms with Crippen LogP contribution in [0.1, 0.15) is 23.7 Å². The zero-order valence-corrected chi connectivity index (χ0v) is 11.6. The zero-order chi connectivity index (χ0) is 14.7. The first-order valence-corrected chi connectivity index (χ1v) is 6.82. The minimum atomic E-state index is -1.13. The lowest BCUT2D eigenvalue weighted by Crippen LogP contribution is -2.46. The van der Waals surface area contributed by atoms with Crippen molar-refractivity contribution in [1.29, 1.82) is 0 Å². The molecular weight excluding hydrogens is 261 g/mol. The molecule has 5 nitrogen and oxygen atoms in total. The first-order chi connectivity index (χ1) is 9.52. The van der Waals surface area contributed by atoms with Crippen LogP contribution in [0.25, 0.3) is 0 Å². The molecule has 0 spiro atoms. The molecule has 0 amide bonds. The van der Waals surface area contributed by atoms with E-state index in [1.54, 1.807) is 0 Å². The maximum Gasteiger partial charge on any atom is 0.337 e. The number of anilines is 2. The molecule has 0 unspecified atom stereocenters.